The third-order valence-electron chi connectivity index (χ3n) is 5.29. The van der Waals surface area contributed by atoms with Gasteiger partial charge in [-0.05, 0) is 38.1 Å². The van der Waals surface area contributed by atoms with Crippen LogP contribution in [-0.4, -0.2) is 37.3 Å². The summed E-state index contributed by atoms with van der Waals surface area (Å²) in [6.07, 6.45) is 1.29. The van der Waals surface area contributed by atoms with Gasteiger partial charge in [0.1, 0.15) is 29.7 Å². The number of benzene rings is 2. The summed E-state index contributed by atoms with van der Waals surface area (Å²) in [6, 6.07) is 11.6. The van der Waals surface area contributed by atoms with Crippen LogP contribution in [0.3, 0.4) is 0 Å². The van der Waals surface area contributed by atoms with E-state index < -0.39 is 17.8 Å². The van der Waals surface area contributed by atoms with Gasteiger partial charge < -0.3 is 15.8 Å². The van der Waals surface area contributed by atoms with E-state index in [1.807, 2.05) is 24.3 Å². The van der Waals surface area contributed by atoms with Crippen LogP contribution in [0.25, 0.3) is 32.5 Å². The molecule has 0 saturated carbocycles. The number of esters is 1. The van der Waals surface area contributed by atoms with E-state index in [0.717, 1.165) is 10.2 Å². The number of halogens is 1. The lowest BCUT2D eigenvalue weighted by molar-refractivity contribution is -0.146. The molecule has 5 rings (SSSR count). The van der Waals surface area contributed by atoms with Gasteiger partial charge in [-0.3, -0.25) is 0 Å². The molecule has 3 heterocycles. The third kappa shape index (κ3) is 3.79. The minimum atomic E-state index is -0.754. The second-order valence-electron chi connectivity index (χ2n) is 7.49. The van der Waals surface area contributed by atoms with Gasteiger partial charge >= 0.3 is 5.97 Å². The fourth-order valence-corrected chi connectivity index (χ4v) is 4.51. The van der Waals surface area contributed by atoms with Crippen molar-refractivity contribution in [2.75, 3.05) is 17.7 Å². The highest BCUT2D eigenvalue weighted by atomic mass is 32.1. The van der Waals surface area contributed by atoms with Crippen LogP contribution in [0.4, 0.5) is 21.0 Å². The number of ether oxygens (including phenoxy) is 1. The number of rotatable bonds is 6. The Morgan fingerprint density at radius 1 is 1.26 bits per heavy atom. The Bertz CT molecular complexity index is 1500. The molecule has 2 aromatic carbocycles. The van der Waals surface area contributed by atoms with E-state index in [0.29, 0.717) is 27.4 Å². The lowest BCUT2D eigenvalue weighted by Gasteiger charge is -2.11. The van der Waals surface area contributed by atoms with E-state index in [1.54, 1.807) is 26.0 Å². The number of hydrogen-bond donors (Lipinski definition) is 2. The van der Waals surface area contributed by atoms with Crippen molar-refractivity contribution in [3.63, 3.8) is 0 Å². The standard InChI is InChI=1S/C23H20FN7O2S/c1-3-33-22(32)12(2)31-21-18(20(25)26-11-27-21)19(30-31)13-8-9-15(14(24)10-13)28-23-29-16-6-4-5-7-17(16)34-23/h4-12H,3H2,1-2H3,(H,28,29)(H2,25,26,27). The number of carbonyl (C=O) groups excluding carboxylic acids is 1. The summed E-state index contributed by atoms with van der Waals surface area (Å²) >= 11 is 1.44. The zero-order valence-corrected chi connectivity index (χ0v) is 19.1. The molecule has 172 valence electrons. The summed E-state index contributed by atoms with van der Waals surface area (Å²) in [5, 5.41) is 8.60. The molecule has 0 spiro atoms. The van der Waals surface area contributed by atoms with Gasteiger partial charge in [0, 0.05) is 5.56 Å². The van der Waals surface area contributed by atoms with Crippen molar-refractivity contribution in [2.24, 2.45) is 0 Å². The van der Waals surface area contributed by atoms with Crippen molar-refractivity contribution >= 4 is 55.2 Å². The van der Waals surface area contributed by atoms with Crippen molar-refractivity contribution in [3.8, 4) is 11.3 Å². The van der Waals surface area contributed by atoms with E-state index in [2.05, 4.69) is 25.4 Å². The molecule has 3 aromatic heterocycles. The number of nitrogens with two attached hydrogens (primary N) is 1. The second kappa shape index (κ2) is 8.67. The van der Waals surface area contributed by atoms with Gasteiger partial charge in [0.25, 0.3) is 0 Å². The van der Waals surface area contributed by atoms with Crippen LogP contribution in [-0.2, 0) is 9.53 Å². The zero-order chi connectivity index (χ0) is 23.8. The average molecular weight is 478 g/mol. The van der Waals surface area contributed by atoms with Gasteiger partial charge in [-0.25, -0.2) is 28.8 Å². The van der Waals surface area contributed by atoms with Crippen molar-refractivity contribution in [1.82, 2.24) is 24.7 Å². The molecule has 1 unspecified atom stereocenters. The maximum Gasteiger partial charge on any atom is 0.330 e. The van der Waals surface area contributed by atoms with Crippen LogP contribution in [0.15, 0.2) is 48.8 Å². The molecule has 0 saturated heterocycles. The van der Waals surface area contributed by atoms with Crippen LogP contribution in [0.2, 0.25) is 0 Å². The summed E-state index contributed by atoms with van der Waals surface area (Å²) in [6.45, 7) is 3.61. The second-order valence-corrected chi connectivity index (χ2v) is 8.52. The first-order valence-corrected chi connectivity index (χ1v) is 11.4. The molecule has 0 aliphatic rings. The summed E-state index contributed by atoms with van der Waals surface area (Å²) in [7, 11) is 0. The van der Waals surface area contributed by atoms with Crippen LogP contribution < -0.4 is 11.1 Å². The van der Waals surface area contributed by atoms with Gasteiger partial charge in [-0.2, -0.15) is 5.10 Å². The molecule has 0 bridgehead atoms. The highest BCUT2D eigenvalue weighted by Crippen LogP contribution is 2.34. The van der Waals surface area contributed by atoms with Crippen molar-refractivity contribution in [1.29, 1.82) is 0 Å². The van der Waals surface area contributed by atoms with Gasteiger partial charge in [0.05, 0.1) is 27.9 Å². The normalized spacial score (nSPS) is 12.2. The Hall–Kier alpha value is -4.12. The SMILES string of the molecule is CCOC(=O)C(C)n1nc(-c2ccc(Nc3nc4ccccc4s3)c(F)c2)c2c(N)ncnc21. The molecular weight excluding hydrogens is 457 g/mol. The lowest BCUT2D eigenvalue weighted by Crippen LogP contribution is -2.20. The summed E-state index contributed by atoms with van der Waals surface area (Å²) in [5.41, 5.74) is 8.43. The van der Waals surface area contributed by atoms with E-state index in [4.69, 9.17) is 10.5 Å². The van der Waals surface area contributed by atoms with E-state index in [9.17, 15) is 4.79 Å². The number of fused-ring (bicyclic) bond motifs is 2. The van der Waals surface area contributed by atoms with E-state index >= 15 is 4.39 Å². The summed E-state index contributed by atoms with van der Waals surface area (Å²) < 4.78 is 22.7. The Morgan fingerprint density at radius 3 is 2.85 bits per heavy atom. The molecule has 1 atom stereocenters. The number of nitrogens with zero attached hydrogens (tertiary/aromatic N) is 5. The van der Waals surface area contributed by atoms with Crippen LogP contribution in [0.5, 0.6) is 0 Å². The molecule has 0 aliphatic carbocycles. The number of thiazole rings is 1. The van der Waals surface area contributed by atoms with Crippen LogP contribution >= 0.6 is 11.3 Å². The first kappa shape index (κ1) is 21.7. The minimum absolute atomic E-state index is 0.180. The number of anilines is 3. The number of nitrogens with one attached hydrogen (secondary N) is 1. The maximum atomic E-state index is 15.1. The van der Waals surface area contributed by atoms with Crippen LogP contribution in [0, 0.1) is 5.82 Å². The molecule has 0 radical (unpaired) electrons. The number of carbonyl (C=O) groups is 1. The number of nitrogen functional groups attached to an aromatic ring is 1. The van der Waals surface area contributed by atoms with Gasteiger partial charge in [0.2, 0.25) is 0 Å². The molecule has 11 heteroatoms. The maximum absolute atomic E-state index is 15.1. The summed E-state index contributed by atoms with van der Waals surface area (Å²) in [5.74, 6) is -0.773. The smallest absolute Gasteiger partial charge is 0.330 e. The summed E-state index contributed by atoms with van der Waals surface area (Å²) in [4.78, 5) is 25.1. The van der Waals surface area contributed by atoms with Crippen molar-refractivity contribution in [2.45, 2.75) is 19.9 Å². The number of aromatic nitrogens is 5. The van der Waals surface area contributed by atoms with Crippen molar-refractivity contribution in [3.05, 3.63) is 54.6 Å². The first-order chi connectivity index (χ1) is 16.5. The van der Waals surface area contributed by atoms with E-state index in [-0.39, 0.29) is 18.1 Å². The monoisotopic (exact) mass is 477 g/mol. The Morgan fingerprint density at radius 2 is 2.09 bits per heavy atom. The van der Waals surface area contributed by atoms with E-state index in [1.165, 1.54) is 28.4 Å². The number of hydrogen-bond acceptors (Lipinski definition) is 9. The fraction of sp³-hybridized carbons (Fsp3) is 0.174. The quantitative estimate of drug-likeness (QED) is 0.338. The predicted molar refractivity (Wildman–Crippen MR) is 129 cm³/mol. The molecule has 0 aliphatic heterocycles. The zero-order valence-electron chi connectivity index (χ0n) is 18.3. The lowest BCUT2D eigenvalue weighted by atomic mass is 10.1. The topological polar surface area (TPSA) is 121 Å². The molecule has 9 nitrogen and oxygen atoms in total. The Labute approximate surface area is 197 Å². The highest BCUT2D eigenvalue weighted by molar-refractivity contribution is 7.22. The van der Waals surface area contributed by atoms with Crippen LogP contribution in [0.1, 0.15) is 19.9 Å². The van der Waals surface area contributed by atoms with Gasteiger partial charge in [0.15, 0.2) is 10.8 Å². The van der Waals surface area contributed by atoms with Gasteiger partial charge in [-0.15, -0.1) is 0 Å². The molecule has 3 N–H and O–H groups in total. The minimum Gasteiger partial charge on any atom is -0.464 e. The number of para-hydroxylation sites is 1. The molecule has 5 aromatic rings. The highest BCUT2D eigenvalue weighted by Gasteiger charge is 2.25. The van der Waals surface area contributed by atoms with Crippen molar-refractivity contribution < 1.29 is 13.9 Å². The van der Waals surface area contributed by atoms with Gasteiger partial charge in [-0.1, -0.05) is 29.5 Å². The Kier molecular flexibility index (Phi) is 5.54. The fourth-order valence-electron chi connectivity index (χ4n) is 3.63. The first-order valence-electron chi connectivity index (χ1n) is 10.5. The molecule has 0 amide bonds. The third-order valence-corrected chi connectivity index (χ3v) is 6.24. The molecular formula is C23H20FN7O2S. The molecule has 34 heavy (non-hydrogen) atoms. The predicted octanol–water partition coefficient (Wildman–Crippen LogP) is 4.69. The Balaban J connectivity index is 1.53. The molecule has 0 fully saturated rings. The largest absolute Gasteiger partial charge is 0.464 e. The average Bonchev–Trinajstić information content (AvgIpc) is 3.42.